The van der Waals surface area contributed by atoms with Gasteiger partial charge in [-0.3, -0.25) is 9.52 Å². The number of anilines is 1. The van der Waals surface area contributed by atoms with E-state index in [-0.39, 0.29) is 0 Å². The Bertz CT molecular complexity index is 522. The van der Waals surface area contributed by atoms with Crippen LogP contribution in [0.3, 0.4) is 0 Å². The number of rotatable bonds is 5. The SMILES string of the molecule is Cc1ccc(NS(=O)(=O)CCC(=O)O)c(C)c1. The van der Waals surface area contributed by atoms with E-state index in [0.29, 0.717) is 5.69 Å². The average Bonchev–Trinajstić information content (AvgIpc) is 2.20. The molecule has 0 radical (unpaired) electrons. The molecule has 0 heterocycles. The molecule has 5 nitrogen and oxygen atoms in total. The van der Waals surface area contributed by atoms with Crippen LogP contribution in [-0.4, -0.2) is 25.2 Å². The number of hydrogen-bond donors (Lipinski definition) is 2. The van der Waals surface area contributed by atoms with Crippen molar-refractivity contribution in [2.24, 2.45) is 0 Å². The molecule has 94 valence electrons. The van der Waals surface area contributed by atoms with Crippen molar-refractivity contribution in [2.75, 3.05) is 10.5 Å². The third-order valence-electron chi connectivity index (χ3n) is 2.23. The third-order valence-corrected chi connectivity index (χ3v) is 3.50. The van der Waals surface area contributed by atoms with Gasteiger partial charge in [0.2, 0.25) is 10.0 Å². The highest BCUT2D eigenvalue weighted by atomic mass is 32.2. The summed E-state index contributed by atoms with van der Waals surface area (Å²) in [6, 6.07) is 5.32. The first-order valence-corrected chi connectivity index (χ1v) is 6.75. The summed E-state index contributed by atoms with van der Waals surface area (Å²) in [5.41, 5.74) is 2.33. The van der Waals surface area contributed by atoms with Gasteiger partial charge in [-0.1, -0.05) is 17.7 Å². The zero-order valence-electron chi connectivity index (χ0n) is 9.73. The number of aryl methyl sites for hydroxylation is 2. The smallest absolute Gasteiger partial charge is 0.304 e. The molecule has 0 amide bonds. The highest BCUT2D eigenvalue weighted by molar-refractivity contribution is 7.92. The van der Waals surface area contributed by atoms with Crippen LogP contribution >= 0.6 is 0 Å². The van der Waals surface area contributed by atoms with Crippen molar-refractivity contribution in [1.82, 2.24) is 0 Å². The number of benzene rings is 1. The molecule has 1 aromatic carbocycles. The van der Waals surface area contributed by atoms with Gasteiger partial charge in [-0.2, -0.15) is 0 Å². The summed E-state index contributed by atoms with van der Waals surface area (Å²) in [4.78, 5) is 10.3. The van der Waals surface area contributed by atoms with E-state index >= 15 is 0 Å². The van der Waals surface area contributed by atoms with Crippen molar-refractivity contribution < 1.29 is 18.3 Å². The minimum atomic E-state index is -3.60. The lowest BCUT2D eigenvalue weighted by atomic mass is 10.1. The highest BCUT2D eigenvalue weighted by Crippen LogP contribution is 2.17. The van der Waals surface area contributed by atoms with Gasteiger partial charge in [-0.25, -0.2) is 8.42 Å². The Labute approximate surface area is 101 Å². The van der Waals surface area contributed by atoms with Gasteiger partial charge in [0.05, 0.1) is 17.9 Å². The Balaban J connectivity index is 2.79. The van der Waals surface area contributed by atoms with Crippen molar-refractivity contribution >= 4 is 21.7 Å². The van der Waals surface area contributed by atoms with Crippen molar-refractivity contribution in [2.45, 2.75) is 20.3 Å². The minimum absolute atomic E-state index is 0.403. The number of hydrogen-bond acceptors (Lipinski definition) is 3. The first-order valence-electron chi connectivity index (χ1n) is 5.10. The van der Waals surface area contributed by atoms with Crippen molar-refractivity contribution in [3.8, 4) is 0 Å². The fourth-order valence-electron chi connectivity index (χ4n) is 1.37. The van der Waals surface area contributed by atoms with Gasteiger partial charge in [-0.05, 0) is 25.5 Å². The predicted molar refractivity (Wildman–Crippen MR) is 65.6 cm³/mol. The zero-order valence-corrected chi connectivity index (χ0v) is 10.5. The van der Waals surface area contributed by atoms with Gasteiger partial charge in [-0.15, -0.1) is 0 Å². The summed E-state index contributed by atoms with van der Waals surface area (Å²) in [5.74, 6) is -1.55. The maximum atomic E-state index is 11.6. The van der Waals surface area contributed by atoms with Gasteiger partial charge in [0.15, 0.2) is 0 Å². The molecular weight excluding hydrogens is 242 g/mol. The second-order valence-electron chi connectivity index (χ2n) is 3.88. The van der Waals surface area contributed by atoms with E-state index in [1.54, 1.807) is 19.1 Å². The van der Waals surface area contributed by atoms with E-state index in [4.69, 9.17) is 5.11 Å². The number of sulfonamides is 1. The van der Waals surface area contributed by atoms with Gasteiger partial charge in [0.1, 0.15) is 0 Å². The van der Waals surface area contributed by atoms with Gasteiger partial charge in [0, 0.05) is 0 Å². The fourth-order valence-corrected chi connectivity index (χ4v) is 2.48. The van der Waals surface area contributed by atoms with Crippen molar-refractivity contribution in [3.05, 3.63) is 29.3 Å². The monoisotopic (exact) mass is 257 g/mol. The molecule has 0 saturated carbocycles. The quantitative estimate of drug-likeness (QED) is 0.837. The molecule has 0 atom stereocenters. The molecule has 0 saturated heterocycles. The zero-order chi connectivity index (χ0) is 13.1. The number of carboxylic acid groups (broad SMARTS) is 1. The molecule has 0 aliphatic rings. The van der Waals surface area contributed by atoms with E-state index in [0.717, 1.165) is 11.1 Å². The Hall–Kier alpha value is -1.56. The van der Waals surface area contributed by atoms with Crippen LogP contribution in [0, 0.1) is 13.8 Å². The first-order chi connectivity index (χ1) is 7.80. The number of aliphatic carboxylic acids is 1. The molecule has 17 heavy (non-hydrogen) atoms. The number of nitrogens with one attached hydrogen (secondary N) is 1. The summed E-state index contributed by atoms with van der Waals surface area (Å²) < 4.78 is 25.5. The molecule has 0 aliphatic heterocycles. The van der Waals surface area contributed by atoms with Crippen LogP contribution in [0.4, 0.5) is 5.69 Å². The summed E-state index contributed by atoms with van der Waals surface area (Å²) in [7, 11) is -3.60. The second-order valence-corrected chi connectivity index (χ2v) is 5.72. The summed E-state index contributed by atoms with van der Waals surface area (Å²) in [6.45, 7) is 3.71. The molecule has 0 bridgehead atoms. The van der Waals surface area contributed by atoms with Crippen LogP contribution in [0.1, 0.15) is 17.5 Å². The van der Waals surface area contributed by atoms with Crippen LogP contribution in [0.15, 0.2) is 18.2 Å². The van der Waals surface area contributed by atoms with E-state index in [1.165, 1.54) is 0 Å². The highest BCUT2D eigenvalue weighted by Gasteiger charge is 2.13. The Kier molecular flexibility index (Phi) is 4.11. The summed E-state index contributed by atoms with van der Waals surface area (Å²) in [5, 5.41) is 8.44. The molecule has 1 aromatic rings. The lowest BCUT2D eigenvalue weighted by molar-refractivity contribution is -0.136. The summed E-state index contributed by atoms with van der Waals surface area (Å²) in [6.07, 6.45) is -0.403. The van der Waals surface area contributed by atoms with E-state index in [1.807, 2.05) is 13.0 Å². The molecule has 0 aliphatic carbocycles. The fraction of sp³-hybridized carbons (Fsp3) is 0.364. The van der Waals surface area contributed by atoms with Gasteiger partial charge in [0.25, 0.3) is 0 Å². The normalized spacial score (nSPS) is 11.2. The molecule has 6 heteroatoms. The molecule has 2 N–H and O–H groups in total. The molecule has 0 unspecified atom stereocenters. The standard InChI is InChI=1S/C11H15NO4S/c1-8-3-4-10(9(2)7-8)12-17(15,16)6-5-11(13)14/h3-4,7,12H,5-6H2,1-2H3,(H,13,14). The van der Waals surface area contributed by atoms with Crippen LogP contribution in [-0.2, 0) is 14.8 Å². The van der Waals surface area contributed by atoms with E-state index in [9.17, 15) is 13.2 Å². The lowest BCUT2D eigenvalue weighted by Gasteiger charge is -2.10. The van der Waals surface area contributed by atoms with Crippen LogP contribution in [0.25, 0.3) is 0 Å². The first kappa shape index (κ1) is 13.5. The largest absolute Gasteiger partial charge is 0.481 e. The van der Waals surface area contributed by atoms with Crippen LogP contribution in [0.2, 0.25) is 0 Å². The molecule has 1 rings (SSSR count). The van der Waals surface area contributed by atoms with Crippen molar-refractivity contribution in [1.29, 1.82) is 0 Å². The molecule has 0 aromatic heterocycles. The number of carboxylic acids is 1. The maximum Gasteiger partial charge on any atom is 0.304 e. The summed E-state index contributed by atoms with van der Waals surface area (Å²) >= 11 is 0. The van der Waals surface area contributed by atoms with Gasteiger partial charge < -0.3 is 5.11 Å². The maximum absolute atomic E-state index is 11.6. The lowest BCUT2D eigenvalue weighted by Crippen LogP contribution is -2.19. The average molecular weight is 257 g/mol. The van der Waals surface area contributed by atoms with E-state index < -0.39 is 28.2 Å². The Morgan fingerprint density at radius 2 is 2.00 bits per heavy atom. The molecular formula is C11H15NO4S. The minimum Gasteiger partial charge on any atom is -0.481 e. The van der Waals surface area contributed by atoms with Crippen molar-refractivity contribution in [3.63, 3.8) is 0 Å². The molecule has 0 fully saturated rings. The second kappa shape index (κ2) is 5.18. The van der Waals surface area contributed by atoms with E-state index in [2.05, 4.69) is 4.72 Å². The van der Waals surface area contributed by atoms with Crippen LogP contribution < -0.4 is 4.72 Å². The van der Waals surface area contributed by atoms with Crippen LogP contribution in [0.5, 0.6) is 0 Å². The van der Waals surface area contributed by atoms with Gasteiger partial charge >= 0.3 is 5.97 Å². The third kappa shape index (κ3) is 4.44. The number of carbonyl (C=O) groups is 1. The molecule has 0 spiro atoms. The predicted octanol–water partition coefficient (Wildman–Crippen LogP) is 1.52. The Morgan fingerprint density at radius 3 is 2.53 bits per heavy atom. The topological polar surface area (TPSA) is 83.5 Å². The Morgan fingerprint density at radius 1 is 1.35 bits per heavy atom.